The minimum absolute atomic E-state index is 0.151. The van der Waals surface area contributed by atoms with E-state index in [0.29, 0.717) is 29.0 Å². The van der Waals surface area contributed by atoms with Crippen LogP contribution in [0.15, 0.2) is 84.3 Å². The predicted molar refractivity (Wildman–Crippen MR) is 135 cm³/mol. The van der Waals surface area contributed by atoms with Crippen LogP contribution in [0, 0.1) is 0 Å². The van der Waals surface area contributed by atoms with Gasteiger partial charge in [-0.15, -0.1) is 10.2 Å². The van der Waals surface area contributed by atoms with Crippen LogP contribution in [0.2, 0.25) is 0 Å². The van der Waals surface area contributed by atoms with Gasteiger partial charge in [0.25, 0.3) is 5.91 Å². The zero-order chi connectivity index (χ0) is 24.0. The monoisotopic (exact) mass is 484 g/mol. The Morgan fingerprint density at radius 2 is 1.77 bits per heavy atom. The van der Waals surface area contributed by atoms with E-state index in [0.717, 1.165) is 29.8 Å². The lowest BCUT2D eigenvalue weighted by atomic mass is 10.1. The molecule has 4 aromatic rings. The molecular formula is C26H24N6O2S. The summed E-state index contributed by atoms with van der Waals surface area (Å²) in [5.74, 6) is 0.459. The second kappa shape index (κ2) is 10.5. The van der Waals surface area contributed by atoms with Crippen molar-refractivity contribution in [1.29, 1.82) is 0 Å². The summed E-state index contributed by atoms with van der Waals surface area (Å²) in [5.41, 5.74) is 2.80. The Hall–Kier alpha value is -3.98. The highest BCUT2D eigenvalue weighted by Gasteiger charge is 2.30. The SMILES string of the molecule is O=C(CSc1nnc(-c2cccnc2)n1C1CC1)Nc1ccccc1C(=O)NCc1ccccc1. The number of carbonyl (C=O) groups excluding carboxylic acids is 2. The molecule has 1 aliphatic carbocycles. The average Bonchev–Trinajstić information content (AvgIpc) is 3.66. The van der Waals surface area contributed by atoms with Gasteiger partial charge in [0, 0.05) is 30.5 Å². The number of anilines is 1. The summed E-state index contributed by atoms with van der Waals surface area (Å²) in [6.45, 7) is 0.411. The van der Waals surface area contributed by atoms with Gasteiger partial charge >= 0.3 is 0 Å². The molecule has 2 aromatic heterocycles. The predicted octanol–water partition coefficient (Wildman–Crippen LogP) is 4.34. The summed E-state index contributed by atoms with van der Waals surface area (Å²) in [6, 6.07) is 20.9. The molecule has 0 saturated heterocycles. The van der Waals surface area contributed by atoms with Crippen LogP contribution in [0.5, 0.6) is 0 Å². The van der Waals surface area contributed by atoms with E-state index in [9.17, 15) is 9.59 Å². The normalized spacial score (nSPS) is 12.8. The maximum atomic E-state index is 12.8. The molecule has 176 valence electrons. The number of carbonyl (C=O) groups is 2. The van der Waals surface area contributed by atoms with Gasteiger partial charge in [-0.25, -0.2) is 0 Å². The van der Waals surface area contributed by atoms with E-state index in [-0.39, 0.29) is 17.6 Å². The molecule has 0 aliphatic heterocycles. The maximum absolute atomic E-state index is 12.8. The van der Waals surface area contributed by atoms with Gasteiger partial charge in [0.15, 0.2) is 11.0 Å². The molecule has 2 aromatic carbocycles. The van der Waals surface area contributed by atoms with Gasteiger partial charge in [0.1, 0.15) is 0 Å². The van der Waals surface area contributed by atoms with Crippen LogP contribution < -0.4 is 10.6 Å². The molecule has 0 radical (unpaired) electrons. The first-order valence-electron chi connectivity index (χ1n) is 11.4. The lowest BCUT2D eigenvalue weighted by molar-refractivity contribution is -0.113. The molecule has 1 saturated carbocycles. The highest BCUT2D eigenvalue weighted by Crippen LogP contribution is 2.40. The van der Waals surface area contributed by atoms with Gasteiger partial charge in [0.2, 0.25) is 5.91 Å². The Labute approximate surface area is 207 Å². The number of hydrogen-bond donors (Lipinski definition) is 2. The highest BCUT2D eigenvalue weighted by atomic mass is 32.2. The van der Waals surface area contributed by atoms with Gasteiger partial charge in [-0.2, -0.15) is 0 Å². The lowest BCUT2D eigenvalue weighted by Gasteiger charge is -2.12. The largest absolute Gasteiger partial charge is 0.348 e. The Balaban J connectivity index is 1.23. The minimum Gasteiger partial charge on any atom is -0.348 e. The van der Waals surface area contributed by atoms with Crippen LogP contribution in [0.1, 0.15) is 34.8 Å². The molecule has 1 fully saturated rings. The number of pyridine rings is 1. The zero-order valence-electron chi connectivity index (χ0n) is 18.9. The Morgan fingerprint density at radius 3 is 2.54 bits per heavy atom. The molecule has 9 heteroatoms. The zero-order valence-corrected chi connectivity index (χ0v) is 19.7. The molecule has 35 heavy (non-hydrogen) atoms. The molecule has 0 unspecified atom stereocenters. The smallest absolute Gasteiger partial charge is 0.253 e. The quantitative estimate of drug-likeness (QED) is 0.343. The first-order valence-corrected chi connectivity index (χ1v) is 12.4. The number of amides is 2. The molecule has 0 atom stereocenters. The lowest BCUT2D eigenvalue weighted by Crippen LogP contribution is -2.25. The van der Waals surface area contributed by atoms with Crippen LogP contribution >= 0.6 is 11.8 Å². The standard InChI is InChI=1S/C26H24N6O2S/c33-23(17-35-26-31-30-24(32(26)20-12-13-20)19-9-6-14-27-16-19)29-22-11-5-4-10-21(22)25(34)28-15-18-7-2-1-3-8-18/h1-11,14,16,20H,12-13,15,17H2,(H,28,34)(H,29,33). The number of nitrogens with one attached hydrogen (secondary N) is 2. The van der Waals surface area contributed by atoms with E-state index >= 15 is 0 Å². The summed E-state index contributed by atoms with van der Waals surface area (Å²) < 4.78 is 2.10. The molecular weight excluding hydrogens is 460 g/mol. The second-order valence-electron chi connectivity index (χ2n) is 8.20. The second-order valence-corrected chi connectivity index (χ2v) is 9.14. The summed E-state index contributed by atoms with van der Waals surface area (Å²) >= 11 is 1.34. The first-order chi connectivity index (χ1) is 17.2. The first kappa shape index (κ1) is 22.8. The van der Waals surface area contributed by atoms with Gasteiger partial charge in [-0.05, 0) is 42.7 Å². The maximum Gasteiger partial charge on any atom is 0.253 e. The van der Waals surface area contributed by atoms with E-state index in [4.69, 9.17) is 0 Å². The van der Waals surface area contributed by atoms with E-state index in [1.807, 2.05) is 42.5 Å². The van der Waals surface area contributed by atoms with E-state index in [2.05, 4.69) is 30.4 Å². The fourth-order valence-corrected chi connectivity index (χ4v) is 4.51. The van der Waals surface area contributed by atoms with Crippen LogP contribution in [0.25, 0.3) is 11.4 Å². The van der Waals surface area contributed by atoms with E-state index in [1.54, 1.807) is 36.7 Å². The molecule has 2 heterocycles. The van der Waals surface area contributed by atoms with Gasteiger partial charge in [0.05, 0.1) is 17.0 Å². The Bertz CT molecular complexity index is 1320. The fourth-order valence-electron chi connectivity index (χ4n) is 3.71. The van der Waals surface area contributed by atoms with E-state index in [1.165, 1.54) is 11.8 Å². The molecule has 2 amide bonds. The summed E-state index contributed by atoms with van der Waals surface area (Å²) in [7, 11) is 0. The van der Waals surface area contributed by atoms with Crippen molar-refractivity contribution in [3.8, 4) is 11.4 Å². The van der Waals surface area contributed by atoms with Crippen molar-refractivity contribution in [3.05, 3.63) is 90.3 Å². The fraction of sp³-hybridized carbons (Fsp3) is 0.192. The number of benzene rings is 2. The van der Waals surface area contributed by atoms with Gasteiger partial charge in [-0.3, -0.25) is 19.1 Å². The van der Waals surface area contributed by atoms with Crippen molar-refractivity contribution >= 4 is 29.3 Å². The number of nitrogens with zero attached hydrogens (tertiary/aromatic N) is 4. The number of hydrogen-bond acceptors (Lipinski definition) is 6. The van der Waals surface area contributed by atoms with Crippen LogP contribution in [-0.2, 0) is 11.3 Å². The number of thioether (sulfide) groups is 1. The minimum atomic E-state index is -0.244. The van der Waals surface area contributed by atoms with Crippen molar-refractivity contribution in [2.75, 3.05) is 11.1 Å². The third-order valence-corrected chi connectivity index (χ3v) is 6.51. The topological polar surface area (TPSA) is 102 Å². The average molecular weight is 485 g/mol. The van der Waals surface area contributed by atoms with Gasteiger partial charge < -0.3 is 10.6 Å². The number of aromatic nitrogens is 4. The van der Waals surface area contributed by atoms with Crippen LogP contribution in [-0.4, -0.2) is 37.3 Å². The summed E-state index contributed by atoms with van der Waals surface area (Å²) in [4.78, 5) is 29.7. The van der Waals surface area contributed by atoms with Gasteiger partial charge in [-0.1, -0.05) is 54.2 Å². The molecule has 1 aliphatic rings. The third kappa shape index (κ3) is 5.58. The van der Waals surface area contributed by atoms with Crippen LogP contribution in [0.4, 0.5) is 5.69 Å². The Kier molecular flexibility index (Phi) is 6.85. The highest BCUT2D eigenvalue weighted by molar-refractivity contribution is 7.99. The Morgan fingerprint density at radius 1 is 0.971 bits per heavy atom. The number of rotatable bonds is 9. The van der Waals surface area contributed by atoms with E-state index < -0.39 is 0 Å². The molecule has 5 rings (SSSR count). The summed E-state index contributed by atoms with van der Waals surface area (Å²) in [5, 5.41) is 15.2. The van der Waals surface area contributed by atoms with Crippen molar-refractivity contribution < 1.29 is 9.59 Å². The van der Waals surface area contributed by atoms with Crippen molar-refractivity contribution in [2.45, 2.75) is 30.6 Å². The van der Waals surface area contributed by atoms with Crippen LogP contribution in [0.3, 0.4) is 0 Å². The van der Waals surface area contributed by atoms with Crippen molar-refractivity contribution in [2.24, 2.45) is 0 Å². The molecule has 0 bridgehead atoms. The van der Waals surface area contributed by atoms with Crippen molar-refractivity contribution in [3.63, 3.8) is 0 Å². The molecule has 2 N–H and O–H groups in total. The molecule has 8 nitrogen and oxygen atoms in total. The molecule has 0 spiro atoms. The number of para-hydroxylation sites is 1. The summed E-state index contributed by atoms with van der Waals surface area (Å²) in [6.07, 6.45) is 5.62. The third-order valence-electron chi connectivity index (χ3n) is 5.57. The van der Waals surface area contributed by atoms with Crippen molar-refractivity contribution in [1.82, 2.24) is 25.1 Å².